The molecule has 0 aromatic rings. The minimum Gasteiger partial charge on any atom is -0.344 e. The molecule has 2 amide bonds. The largest absolute Gasteiger partial charge is 0.344 e. The van der Waals surface area contributed by atoms with Gasteiger partial charge in [-0.3, -0.25) is 9.59 Å². The Balaban J connectivity index is 2.60. The van der Waals surface area contributed by atoms with Gasteiger partial charge in [-0.1, -0.05) is 0 Å². The number of nitrogens with zero attached hydrogens (tertiary/aromatic N) is 2. The molecular weight excluding hydrogens is 228 g/mol. The van der Waals surface area contributed by atoms with E-state index in [9.17, 15) is 9.59 Å². The minimum absolute atomic E-state index is 0.0247. The number of hydrogen-bond donors (Lipinski definition) is 0. The topological polar surface area (TPSA) is 40.6 Å². The highest BCUT2D eigenvalue weighted by molar-refractivity contribution is 6.27. The Kier molecular flexibility index (Phi) is 5.06. The molecule has 1 aliphatic rings. The first-order chi connectivity index (χ1) is 7.56. The van der Waals surface area contributed by atoms with Crippen LogP contribution in [-0.4, -0.2) is 53.7 Å². The molecule has 0 radical (unpaired) electrons. The lowest BCUT2D eigenvalue weighted by Gasteiger charge is -2.37. The van der Waals surface area contributed by atoms with Crippen molar-refractivity contribution in [2.75, 3.05) is 26.0 Å². The quantitative estimate of drug-likeness (QED) is 0.700. The molecular formula is C11H19ClN2O2. The summed E-state index contributed by atoms with van der Waals surface area (Å²) in [6, 6.07) is 0.133. The van der Waals surface area contributed by atoms with Gasteiger partial charge in [0.15, 0.2) is 0 Å². The zero-order valence-electron chi connectivity index (χ0n) is 9.91. The molecule has 1 rings (SSSR count). The number of alkyl halides is 1. The summed E-state index contributed by atoms with van der Waals surface area (Å²) >= 11 is 5.58. The number of likely N-dealkylation sites (N-methyl/N-ethyl adjacent to an activating group) is 1. The van der Waals surface area contributed by atoms with Crippen molar-refractivity contribution in [2.45, 2.75) is 32.2 Å². The number of carbonyl (C=O) groups excluding carboxylic acids is 2. The van der Waals surface area contributed by atoms with E-state index in [4.69, 9.17) is 11.6 Å². The van der Waals surface area contributed by atoms with Crippen LogP contribution in [0.25, 0.3) is 0 Å². The van der Waals surface area contributed by atoms with E-state index in [0.29, 0.717) is 6.54 Å². The van der Waals surface area contributed by atoms with Crippen molar-refractivity contribution in [1.82, 2.24) is 9.80 Å². The number of hydrogen-bond acceptors (Lipinski definition) is 2. The maximum atomic E-state index is 11.6. The third-order valence-electron chi connectivity index (χ3n) is 3.08. The van der Waals surface area contributed by atoms with Gasteiger partial charge < -0.3 is 9.80 Å². The molecule has 4 nitrogen and oxygen atoms in total. The highest BCUT2D eigenvalue weighted by atomic mass is 35.5. The Labute approximate surface area is 102 Å². The van der Waals surface area contributed by atoms with Gasteiger partial charge >= 0.3 is 0 Å². The molecule has 0 spiro atoms. The van der Waals surface area contributed by atoms with Crippen LogP contribution in [0.15, 0.2) is 0 Å². The average molecular weight is 247 g/mol. The lowest BCUT2D eigenvalue weighted by Crippen LogP contribution is -2.50. The van der Waals surface area contributed by atoms with Crippen LogP contribution < -0.4 is 0 Å². The van der Waals surface area contributed by atoms with Crippen LogP contribution in [0.4, 0.5) is 0 Å². The minimum atomic E-state index is -0.0247. The lowest BCUT2D eigenvalue weighted by molar-refractivity contribution is -0.135. The van der Waals surface area contributed by atoms with Crippen molar-refractivity contribution in [3.63, 3.8) is 0 Å². The molecule has 5 heteroatoms. The van der Waals surface area contributed by atoms with Gasteiger partial charge in [0.25, 0.3) is 0 Å². The molecule has 0 aromatic heterocycles. The molecule has 0 bridgehead atoms. The summed E-state index contributed by atoms with van der Waals surface area (Å²) in [6.07, 6.45) is 3.10. The Hall–Kier alpha value is -0.770. The molecule has 0 N–H and O–H groups in total. The number of piperidine rings is 1. The fraction of sp³-hybridized carbons (Fsp3) is 0.818. The summed E-state index contributed by atoms with van der Waals surface area (Å²) in [7, 11) is 1.76. The van der Waals surface area contributed by atoms with Gasteiger partial charge in [0, 0.05) is 33.1 Å². The summed E-state index contributed by atoms with van der Waals surface area (Å²) in [5.41, 5.74) is 0. The van der Waals surface area contributed by atoms with E-state index in [0.717, 1.165) is 25.8 Å². The zero-order chi connectivity index (χ0) is 12.1. The summed E-state index contributed by atoms with van der Waals surface area (Å²) in [6.45, 7) is 2.91. The Morgan fingerprint density at radius 1 is 1.44 bits per heavy atom. The van der Waals surface area contributed by atoms with Gasteiger partial charge in [-0.05, 0) is 19.3 Å². The standard InChI is InChI=1S/C11H19ClN2O2/c1-9(15)13(2)8-10-5-3-4-6-14(10)11(16)7-12/h10H,3-8H2,1-2H3. The molecule has 1 fully saturated rings. The Morgan fingerprint density at radius 2 is 2.12 bits per heavy atom. The molecule has 1 unspecified atom stereocenters. The maximum absolute atomic E-state index is 11.6. The van der Waals surface area contributed by atoms with Crippen LogP contribution >= 0.6 is 11.6 Å². The SMILES string of the molecule is CC(=O)N(C)CC1CCCCN1C(=O)CCl. The molecule has 92 valence electrons. The van der Waals surface area contributed by atoms with Crippen LogP contribution in [0.1, 0.15) is 26.2 Å². The highest BCUT2D eigenvalue weighted by Gasteiger charge is 2.27. The van der Waals surface area contributed by atoms with Gasteiger partial charge in [0.1, 0.15) is 5.88 Å². The predicted octanol–water partition coefficient (Wildman–Crippen LogP) is 1.08. The molecule has 0 aliphatic carbocycles. The zero-order valence-corrected chi connectivity index (χ0v) is 10.7. The van der Waals surface area contributed by atoms with Crippen LogP contribution in [0.2, 0.25) is 0 Å². The van der Waals surface area contributed by atoms with E-state index in [1.807, 2.05) is 4.90 Å². The summed E-state index contributed by atoms with van der Waals surface area (Å²) in [5.74, 6) is 0.0347. The predicted molar refractivity (Wildman–Crippen MR) is 63.4 cm³/mol. The fourth-order valence-electron chi connectivity index (χ4n) is 2.04. The van der Waals surface area contributed by atoms with E-state index in [1.54, 1.807) is 11.9 Å². The van der Waals surface area contributed by atoms with Gasteiger partial charge in [-0.15, -0.1) is 11.6 Å². The first kappa shape index (κ1) is 13.3. The van der Waals surface area contributed by atoms with Crippen molar-refractivity contribution in [3.05, 3.63) is 0 Å². The van der Waals surface area contributed by atoms with Crippen molar-refractivity contribution in [1.29, 1.82) is 0 Å². The third-order valence-corrected chi connectivity index (χ3v) is 3.31. The summed E-state index contributed by atoms with van der Waals surface area (Å²) < 4.78 is 0. The molecule has 1 atom stereocenters. The van der Waals surface area contributed by atoms with E-state index in [-0.39, 0.29) is 23.7 Å². The van der Waals surface area contributed by atoms with E-state index in [2.05, 4.69) is 0 Å². The van der Waals surface area contributed by atoms with Gasteiger partial charge in [0.2, 0.25) is 11.8 Å². The van der Waals surface area contributed by atoms with Crippen molar-refractivity contribution < 1.29 is 9.59 Å². The maximum Gasteiger partial charge on any atom is 0.237 e. The summed E-state index contributed by atoms with van der Waals surface area (Å²) in [4.78, 5) is 26.3. The fourth-order valence-corrected chi connectivity index (χ4v) is 2.19. The van der Waals surface area contributed by atoms with E-state index in [1.165, 1.54) is 6.92 Å². The Morgan fingerprint density at radius 3 is 2.69 bits per heavy atom. The van der Waals surface area contributed by atoms with Crippen molar-refractivity contribution in [2.24, 2.45) is 0 Å². The van der Waals surface area contributed by atoms with E-state index >= 15 is 0 Å². The van der Waals surface area contributed by atoms with Crippen LogP contribution in [0.3, 0.4) is 0 Å². The van der Waals surface area contributed by atoms with E-state index < -0.39 is 0 Å². The smallest absolute Gasteiger partial charge is 0.237 e. The molecule has 1 saturated heterocycles. The molecule has 1 heterocycles. The molecule has 16 heavy (non-hydrogen) atoms. The molecule has 0 saturated carbocycles. The summed E-state index contributed by atoms with van der Waals surface area (Å²) in [5, 5.41) is 0. The van der Waals surface area contributed by atoms with Crippen LogP contribution in [0.5, 0.6) is 0 Å². The van der Waals surface area contributed by atoms with Gasteiger partial charge in [0.05, 0.1) is 0 Å². The number of rotatable bonds is 3. The van der Waals surface area contributed by atoms with Crippen LogP contribution in [0, 0.1) is 0 Å². The van der Waals surface area contributed by atoms with Crippen LogP contribution in [-0.2, 0) is 9.59 Å². The third kappa shape index (κ3) is 3.37. The molecule has 1 aliphatic heterocycles. The average Bonchev–Trinajstić information content (AvgIpc) is 2.28. The van der Waals surface area contributed by atoms with Crippen molar-refractivity contribution >= 4 is 23.4 Å². The lowest BCUT2D eigenvalue weighted by atomic mass is 10.0. The monoisotopic (exact) mass is 246 g/mol. The second-order valence-corrected chi connectivity index (χ2v) is 4.54. The second-order valence-electron chi connectivity index (χ2n) is 4.27. The first-order valence-corrected chi connectivity index (χ1v) is 6.17. The highest BCUT2D eigenvalue weighted by Crippen LogP contribution is 2.18. The number of halogens is 1. The van der Waals surface area contributed by atoms with Gasteiger partial charge in [-0.25, -0.2) is 0 Å². The first-order valence-electron chi connectivity index (χ1n) is 5.63. The Bertz CT molecular complexity index is 271. The normalized spacial score (nSPS) is 20.7. The van der Waals surface area contributed by atoms with Gasteiger partial charge in [-0.2, -0.15) is 0 Å². The number of likely N-dealkylation sites (tertiary alicyclic amines) is 1. The number of carbonyl (C=O) groups is 2. The molecule has 0 aromatic carbocycles. The second kappa shape index (κ2) is 6.09. The van der Waals surface area contributed by atoms with Crippen molar-refractivity contribution in [3.8, 4) is 0 Å². The number of amides is 2.